The molecule has 0 bridgehead atoms. The molecule has 0 saturated heterocycles. The molecule has 4 heteroatoms. The first-order chi connectivity index (χ1) is 6.25. The van der Waals surface area contributed by atoms with E-state index < -0.39 is 0 Å². The minimum absolute atomic E-state index is 0.312. The number of benzene rings is 1. The van der Waals surface area contributed by atoms with Gasteiger partial charge in [-0.3, -0.25) is 4.79 Å². The molecule has 0 spiro atoms. The molecule has 1 aliphatic heterocycles. The molecule has 13 heavy (non-hydrogen) atoms. The largest absolute Gasteiger partial charge is 0.427 e. The van der Waals surface area contributed by atoms with Crippen LogP contribution in [0.3, 0.4) is 0 Å². The third-order valence-electron chi connectivity index (χ3n) is 1.51. The Kier molecular flexibility index (Phi) is 2.00. The highest BCUT2D eigenvalue weighted by molar-refractivity contribution is 8.12. The molecule has 0 atom stereocenters. The number of fused-ring (bicyclic) bond motifs is 1. The van der Waals surface area contributed by atoms with Crippen LogP contribution in [-0.2, 0) is 4.79 Å². The predicted octanol–water partition coefficient (Wildman–Crippen LogP) is 2.25. The van der Waals surface area contributed by atoms with Crippen LogP contribution in [-0.4, -0.2) is 11.5 Å². The van der Waals surface area contributed by atoms with Gasteiger partial charge in [0.05, 0.1) is 6.07 Å². The Hall–Kier alpha value is -1.38. The molecule has 0 saturated carbocycles. The predicted molar refractivity (Wildman–Crippen MR) is 50.7 cm³/mol. The number of esters is 1. The van der Waals surface area contributed by atoms with E-state index in [0.717, 1.165) is 10.6 Å². The number of carbonyl (C=O) groups excluding carboxylic acids is 1. The highest BCUT2D eigenvalue weighted by Gasteiger charge is 2.20. The first-order valence-corrected chi connectivity index (χ1v) is 4.52. The number of hydrogen-bond donors (Lipinski definition) is 0. The molecule has 0 aromatic heterocycles. The van der Waals surface area contributed by atoms with Crippen LogP contribution >= 0.6 is 11.8 Å². The van der Waals surface area contributed by atoms with Gasteiger partial charge in [0, 0.05) is 24.0 Å². The lowest BCUT2D eigenvalue weighted by atomic mass is 10.3. The summed E-state index contributed by atoms with van der Waals surface area (Å²) in [7, 11) is 0. The van der Waals surface area contributed by atoms with Crippen LogP contribution in [0.15, 0.2) is 28.1 Å². The zero-order chi connectivity index (χ0) is 9.26. The second kappa shape index (κ2) is 3.17. The van der Waals surface area contributed by atoms with Crippen molar-refractivity contribution in [3.05, 3.63) is 18.2 Å². The number of hydrogen-bond acceptors (Lipinski definition) is 4. The van der Waals surface area contributed by atoms with Gasteiger partial charge in [0.1, 0.15) is 17.5 Å². The molecule has 0 fully saturated rings. The molecule has 0 aliphatic carbocycles. The minimum Gasteiger partial charge on any atom is -0.427 e. The number of carbonyl (C=O) groups is 1. The van der Waals surface area contributed by atoms with Gasteiger partial charge in [-0.25, -0.2) is 0 Å². The summed E-state index contributed by atoms with van der Waals surface area (Å²) in [6, 6.07) is 5.31. The molecule has 1 aromatic carbocycles. The van der Waals surface area contributed by atoms with E-state index in [1.165, 1.54) is 18.7 Å². The maximum atomic E-state index is 10.6. The van der Waals surface area contributed by atoms with E-state index in [2.05, 4.69) is 10.5 Å². The van der Waals surface area contributed by atoms with Gasteiger partial charge < -0.3 is 4.74 Å². The smallest absolute Gasteiger partial charge is 0.308 e. The van der Waals surface area contributed by atoms with Gasteiger partial charge in [-0.05, 0) is 0 Å². The zero-order valence-corrected chi connectivity index (χ0v) is 7.72. The third kappa shape index (κ3) is 1.69. The van der Waals surface area contributed by atoms with Gasteiger partial charge in [0.25, 0.3) is 5.55 Å². The number of thioether (sulfide) groups is 1. The van der Waals surface area contributed by atoms with Crippen LogP contribution in [0.2, 0.25) is 0 Å². The molecule has 64 valence electrons. The average molecular weight is 192 g/mol. The van der Waals surface area contributed by atoms with E-state index in [4.69, 9.17) is 4.74 Å². The Morgan fingerprint density at radius 3 is 3.23 bits per heavy atom. The van der Waals surface area contributed by atoms with Crippen molar-refractivity contribution in [1.82, 2.24) is 0 Å². The van der Waals surface area contributed by atoms with Crippen LogP contribution in [0.5, 0.6) is 5.75 Å². The quantitative estimate of drug-likeness (QED) is 0.389. The van der Waals surface area contributed by atoms with Crippen LogP contribution in [0.4, 0.5) is 5.69 Å². The second-order valence-corrected chi connectivity index (χ2v) is 3.35. The van der Waals surface area contributed by atoms with Gasteiger partial charge in [-0.1, -0.05) is 0 Å². The molecule has 1 aliphatic rings. The third-order valence-corrected chi connectivity index (χ3v) is 2.24. The number of ether oxygens (including phenoxy) is 1. The monoisotopic (exact) mass is 192 g/mol. The van der Waals surface area contributed by atoms with Crippen molar-refractivity contribution in [2.45, 2.75) is 11.8 Å². The molecule has 1 aromatic rings. The number of aliphatic imine (C=N–C) groups is 1. The van der Waals surface area contributed by atoms with Crippen LogP contribution in [0, 0.1) is 0 Å². The first kappa shape index (κ1) is 8.23. The molecule has 3 nitrogen and oxygen atoms in total. The van der Waals surface area contributed by atoms with Gasteiger partial charge >= 0.3 is 5.97 Å². The SMILES string of the molecule is CC(=O)Oc1ccc2c(c1)S[C+]=N2. The summed E-state index contributed by atoms with van der Waals surface area (Å²) in [4.78, 5) is 15.6. The normalized spacial score (nSPS) is 12.1. The fourth-order valence-electron chi connectivity index (χ4n) is 1.02. The van der Waals surface area contributed by atoms with Crippen molar-refractivity contribution in [3.63, 3.8) is 0 Å². The van der Waals surface area contributed by atoms with Gasteiger partial charge in [0.15, 0.2) is 4.90 Å². The van der Waals surface area contributed by atoms with Crippen LogP contribution in [0.1, 0.15) is 6.92 Å². The van der Waals surface area contributed by atoms with E-state index in [1.807, 2.05) is 0 Å². The summed E-state index contributed by atoms with van der Waals surface area (Å²) in [5, 5.41) is 0. The molecular formula is C9H6NO2S+. The van der Waals surface area contributed by atoms with Crippen molar-refractivity contribution in [2.75, 3.05) is 0 Å². The number of rotatable bonds is 1. The molecule has 0 radical (unpaired) electrons. The molecule has 2 rings (SSSR count). The molecular weight excluding hydrogens is 186 g/mol. The maximum Gasteiger partial charge on any atom is 0.308 e. The van der Waals surface area contributed by atoms with Crippen molar-refractivity contribution >= 4 is 29.0 Å². The maximum absolute atomic E-state index is 10.6. The fourth-order valence-corrected chi connectivity index (χ4v) is 1.65. The Morgan fingerprint density at radius 1 is 1.62 bits per heavy atom. The molecule has 0 amide bonds. The van der Waals surface area contributed by atoms with Crippen LogP contribution in [0.25, 0.3) is 0 Å². The van der Waals surface area contributed by atoms with Gasteiger partial charge in [0.2, 0.25) is 5.69 Å². The van der Waals surface area contributed by atoms with E-state index in [-0.39, 0.29) is 5.97 Å². The summed E-state index contributed by atoms with van der Waals surface area (Å²) in [6.07, 6.45) is 0. The van der Waals surface area contributed by atoms with Crippen molar-refractivity contribution in [3.8, 4) is 5.75 Å². The summed E-state index contributed by atoms with van der Waals surface area (Å²) >= 11 is 1.40. The Labute approximate surface area is 79.8 Å². The Bertz CT molecular complexity index is 387. The van der Waals surface area contributed by atoms with E-state index in [1.54, 1.807) is 18.2 Å². The van der Waals surface area contributed by atoms with Crippen molar-refractivity contribution < 1.29 is 9.53 Å². The summed E-state index contributed by atoms with van der Waals surface area (Å²) in [5.74, 6) is 0.241. The minimum atomic E-state index is -0.312. The molecule has 0 unspecified atom stereocenters. The lowest BCUT2D eigenvalue weighted by molar-refractivity contribution is -0.131. The Morgan fingerprint density at radius 2 is 2.46 bits per heavy atom. The second-order valence-electron chi connectivity index (χ2n) is 2.53. The van der Waals surface area contributed by atoms with Crippen LogP contribution < -0.4 is 4.74 Å². The topological polar surface area (TPSA) is 38.7 Å². The number of nitrogens with zero attached hydrogens (tertiary/aromatic N) is 1. The first-order valence-electron chi connectivity index (χ1n) is 3.71. The molecule has 1 heterocycles. The zero-order valence-electron chi connectivity index (χ0n) is 6.90. The summed E-state index contributed by atoms with van der Waals surface area (Å²) in [6.45, 7) is 1.38. The van der Waals surface area contributed by atoms with Crippen molar-refractivity contribution in [1.29, 1.82) is 0 Å². The highest BCUT2D eigenvalue weighted by atomic mass is 32.2. The van der Waals surface area contributed by atoms with E-state index in [9.17, 15) is 4.79 Å². The van der Waals surface area contributed by atoms with E-state index in [0.29, 0.717) is 5.75 Å². The molecule has 0 N–H and O–H groups in total. The van der Waals surface area contributed by atoms with Crippen molar-refractivity contribution in [2.24, 2.45) is 4.99 Å². The van der Waals surface area contributed by atoms with E-state index >= 15 is 0 Å². The standard InChI is InChI=1S/C9H6NO2S/c1-6(11)12-7-2-3-8-9(4-7)13-5-10-8/h2-4H,1H3/q+1. The Balaban J connectivity index is 2.28. The summed E-state index contributed by atoms with van der Waals surface area (Å²) in [5.41, 5.74) is 3.65. The highest BCUT2D eigenvalue weighted by Crippen LogP contribution is 2.36. The lowest BCUT2D eigenvalue weighted by Crippen LogP contribution is -2.00. The average Bonchev–Trinajstić information content (AvgIpc) is 2.49. The van der Waals surface area contributed by atoms with Gasteiger partial charge in [-0.2, -0.15) is 0 Å². The van der Waals surface area contributed by atoms with Gasteiger partial charge in [-0.15, -0.1) is 0 Å². The lowest BCUT2D eigenvalue weighted by Gasteiger charge is -1.98. The fraction of sp³-hybridized carbons (Fsp3) is 0.111. The summed E-state index contributed by atoms with van der Waals surface area (Å²) < 4.78 is 4.92.